The van der Waals surface area contributed by atoms with E-state index >= 15 is 0 Å². The standard InChI is InChI=1S/C55H36N4O/c1-3-15-35(16-4-1)37-21-13-23-41(29-37)53-56-54(42-24-14-22-38(30-42)36-17-5-2-6-18-36)58-55(57-53)47-33-46-44-26-10-12-28-51(44)60-52(46)34-50(47)59-48-27-11-9-25-43(48)45-31-39-19-7-8-20-40(39)32-49(45)59/h1-34,53H,(H,56,57,58). The second-order valence-corrected chi connectivity index (χ2v) is 15.4. The molecule has 1 unspecified atom stereocenters. The molecule has 3 heterocycles. The monoisotopic (exact) mass is 768 g/mol. The van der Waals surface area contributed by atoms with Gasteiger partial charge in [-0.05, 0) is 81.1 Å². The van der Waals surface area contributed by atoms with Gasteiger partial charge in [0.2, 0.25) is 0 Å². The van der Waals surface area contributed by atoms with E-state index in [0.717, 1.165) is 83.4 Å². The molecule has 12 rings (SSSR count). The molecule has 0 saturated heterocycles. The number of furan rings is 1. The van der Waals surface area contributed by atoms with Crippen molar-refractivity contribution in [2.75, 3.05) is 0 Å². The second kappa shape index (κ2) is 13.8. The maximum atomic E-state index is 6.62. The Bertz CT molecular complexity index is 3520. The third-order valence-corrected chi connectivity index (χ3v) is 11.8. The van der Waals surface area contributed by atoms with Crippen molar-refractivity contribution in [2.45, 2.75) is 6.17 Å². The zero-order valence-electron chi connectivity index (χ0n) is 32.5. The van der Waals surface area contributed by atoms with E-state index in [0.29, 0.717) is 5.84 Å². The van der Waals surface area contributed by atoms with Gasteiger partial charge in [0.1, 0.15) is 23.2 Å². The van der Waals surface area contributed by atoms with E-state index in [-0.39, 0.29) is 0 Å². The van der Waals surface area contributed by atoms with Crippen molar-refractivity contribution in [2.24, 2.45) is 9.98 Å². The van der Waals surface area contributed by atoms with Crippen LogP contribution in [0.2, 0.25) is 0 Å². The van der Waals surface area contributed by atoms with E-state index in [1.54, 1.807) is 0 Å². The number of aliphatic imine (C=N–C) groups is 2. The van der Waals surface area contributed by atoms with Crippen molar-refractivity contribution in [1.29, 1.82) is 0 Å². The Hall–Kier alpha value is -8.02. The third-order valence-electron chi connectivity index (χ3n) is 11.8. The fourth-order valence-corrected chi connectivity index (χ4v) is 8.92. The van der Waals surface area contributed by atoms with Gasteiger partial charge in [-0.3, -0.25) is 0 Å². The maximum Gasteiger partial charge on any atom is 0.161 e. The van der Waals surface area contributed by atoms with Gasteiger partial charge in [0.25, 0.3) is 0 Å². The number of benzene rings is 9. The molecule has 5 nitrogen and oxygen atoms in total. The molecular weight excluding hydrogens is 733 g/mol. The highest BCUT2D eigenvalue weighted by molar-refractivity contribution is 6.19. The lowest BCUT2D eigenvalue weighted by Gasteiger charge is -2.25. The van der Waals surface area contributed by atoms with Gasteiger partial charge in [0, 0.05) is 38.7 Å². The molecule has 5 heteroatoms. The van der Waals surface area contributed by atoms with Crippen molar-refractivity contribution < 1.29 is 4.42 Å². The van der Waals surface area contributed by atoms with Gasteiger partial charge >= 0.3 is 0 Å². The van der Waals surface area contributed by atoms with Crippen LogP contribution in [0.25, 0.3) is 82.5 Å². The lowest BCUT2D eigenvalue weighted by molar-refractivity contribution is 0.668. The average Bonchev–Trinajstić information content (AvgIpc) is 3.85. The average molecular weight is 769 g/mol. The number of fused-ring (bicyclic) bond motifs is 7. The fourth-order valence-electron chi connectivity index (χ4n) is 8.92. The van der Waals surface area contributed by atoms with Gasteiger partial charge in [-0.2, -0.15) is 0 Å². The van der Waals surface area contributed by atoms with Crippen LogP contribution in [0.5, 0.6) is 0 Å². The quantitative estimate of drug-likeness (QED) is 0.183. The number of aromatic nitrogens is 1. The SMILES string of the molecule is c1ccc(-c2cccc(C3=NC(c4cc5c(cc4-n4c6ccccc6c6cc7ccccc7cc64)oc4ccccc45)=NC(c4cccc(-c5ccccc5)c4)N3)c2)cc1. The number of amidine groups is 2. The summed E-state index contributed by atoms with van der Waals surface area (Å²) in [6.45, 7) is 0. The normalized spacial score (nSPS) is 14.2. The molecule has 0 radical (unpaired) electrons. The van der Waals surface area contributed by atoms with Crippen molar-refractivity contribution in [3.63, 3.8) is 0 Å². The van der Waals surface area contributed by atoms with Crippen LogP contribution in [0.4, 0.5) is 0 Å². The summed E-state index contributed by atoms with van der Waals surface area (Å²) >= 11 is 0. The summed E-state index contributed by atoms with van der Waals surface area (Å²) in [7, 11) is 0. The minimum Gasteiger partial charge on any atom is -0.456 e. The third kappa shape index (κ3) is 5.70. The Labute approximate surface area is 346 Å². The number of para-hydroxylation sites is 2. The van der Waals surface area contributed by atoms with Gasteiger partial charge in [-0.15, -0.1) is 0 Å². The molecule has 1 aliphatic heterocycles. The van der Waals surface area contributed by atoms with Crippen LogP contribution in [0, 0.1) is 0 Å². The topological polar surface area (TPSA) is 54.8 Å². The molecule has 60 heavy (non-hydrogen) atoms. The summed E-state index contributed by atoms with van der Waals surface area (Å²) in [5.41, 5.74) is 12.3. The first-order chi connectivity index (χ1) is 29.7. The molecule has 0 aliphatic carbocycles. The van der Waals surface area contributed by atoms with E-state index < -0.39 is 6.17 Å². The summed E-state index contributed by atoms with van der Waals surface area (Å²) in [4.78, 5) is 11.0. The van der Waals surface area contributed by atoms with Gasteiger partial charge in [0.05, 0.1) is 16.7 Å². The molecule has 0 spiro atoms. The van der Waals surface area contributed by atoms with Crippen LogP contribution in [-0.2, 0) is 0 Å². The van der Waals surface area contributed by atoms with Gasteiger partial charge < -0.3 is 14.3 Å². The first-order valence-corrected chi connectivity index (χ1v) is 20.3. The van der Waals surface area contributed by atoms with E-state index in [9.17, 15) is 0 Å². The Morgan fingerprint density at radius 2 is 1.07 bits per heavy atom. The van der Waals surface area contributed by atoms with Crippen LogP contribution >= 0.6 is 0 Å². The van der Waals surface area contributed by atoms with Crippen molar-refractivity contribution in [3.05, 3.63) is 223 Å². The molecular formula is C55H36N4O. The Morgan fingerprint density at radius 1 is 0.433 bits per heavy atom. The molecule has 0 bridgehead atoms. The molecule has 0 fully saturated rings. The molecule has 1 atom stereocenters. The van der Waals surface area contributed by atoms with E-state index in [4.69, 9.17) is 14.4 Å². The van der Waals surface area contributed by atoms with Crippen LogP contribution in [0.3, 0.4) is 0 Å². The zero-order valence-corrected chi connectivity index (χ0v) is 32.5. The lowest BCUT2D eigenvalue weighted by Crippen LogP contribution is -2.33. The summed E-state index contributed by atoms with van der Waals surface area (Å²) in [5, 5.41) is 10.6. The summed E-state index contributed by atoms with van der Waals surface area (Å²) in [6, 6.07) is 72.8. The predicted octanol–water partition coefficient (Wildman–Crippen LogP) is 13.7. The maximum absolute atomic E-state index is 6.62. The summed E-state index contributed by atoms with van der Waals surface area (Å²) < 4.78 is 8.99. The molecule has 1 N–H and O–H groups in total. The molecule has 1 aliphatic rings. The molecule has 9 aromatic carbocycles. The fraction of sp³-hybridized carbons (Fsp3) is 0.0182. The number of hydrogen-bond acceptors (Lipinski definition) is 4. The highest BCUT2D eigenvalue weighted by atomic mass is 16.3. The molecule has 11 aromatic rings. The van der Waals surface area contributed by atoms with Crippen molar-refractivity contribution in [1.82, 2.24) is 9.88 Å². The largest absolute Gasteiger partial charge is 0.456 e. The summed E-state index contributed by atoms with van der Waals surface area (Å²) in [5.74, 6) is 1.39. The highest BCUT2D eigenvalue weighted by Gasteiger charge is 2.26. The molecule has 0 saturated carbocycles. The van der Waals surface area contributed by atoms with E-state index in [2.05, 4.69) is 198 Å². The van der Waals surface area contributed by atoms with E-state index in [1.807, 2.05) is 18.2 Å². The zero-order chi connectivity index (χ0) is 39.6. The van der Waals surface area contributed by atoms with Gasteiger partial charge in [-0.1, -0.05) is 158 Å². The summed E-state index contributed by atoms with van der Waals surface area (Å²) in [6.07, 6.45) is -0.428. The molecule has 2 aromatic heterocycles. The van der Waals surface area contributed by atoms with Crippen molar-refractivity contribution in [3.8, 4) is 27.9 Å². The smallest absolute Gasteiger partial charge is 0.161 e. The number of nitrogens with one attached hydrogen (secondary N) is 1. The minimum atomic E-state index is -0.428. The van der Waals surface area contributed by atoms with Crippen molar-refractivity contribution >= 4 is 66.2 Å². The van der Waals surface area contributed by atoms with Crippen LogP contribution in [-0.4, -0.2) is 16.2 Å². The Kier molecular flexibility index (Phi) is 7.85. The highest BCUT2D eigenvalue weighted by Crippen LogP contribution is 2.40. The second-order valence-electron chi connectivity index (χ2n) is 15.4. The van der Waals surface area contributed by atoms with Gasteiger partial charge in [0.15, 0.2) is 5.84 Å². The van der Waals surface area contributed by atoms with Gasteiger partial charge in [-0.25, -0.2) is 9.98 Å². The first-order valence-electron chi connectivity index (χ1n) is 20.3. The Balaban J connectivity index is 1.14. The molecule has 282 valence electrons. The van der Waals surface area contributed by atoms with E-state index in [1.165, 1.54) is 21.5 Å². The lowest BCUT2D eigenvalue weighted by atomic mass is 10.00. The number of rotatable bonds is 6. The first kappa shape index (κ1) is 34.1. The van der Waals surface area contributed by atoms with Crippen LogP contribution in [0.1, 0.15) is 22.9 Å². The molecule has 0 amide bonds. The number of hydrogen-bond donors (Lipinski definition) is 1. The predicted molar refractivity (Wildman–Crippen MR) is 248 cm³/mol. The van der Waals surface area contributed by atoms with Crippen LogP contribution < -0.4 is 5.32 Å². The Morgan fingerprint density at radius 3 is 1.87 bits per heavy atom. The number of nitrogens with zero attached hydrogens (tertiary/aromatic N) is 3. The minimum absolute atomic E-state index is 0.428. The van der Waals surface area contributed by atoms with Crippen LogP contribution in [0.15, 0.2) is 221 Å².